The van der Waals surface area contributed by atoms with Crippen LogP contribution in [0.2, 0.25) is 0 Å². The van der Waals surface area contributed by atoms with E-state index in [2.05, 4.69) is 10.6 Å². The molecule has 4 heteroatoms. The highest BCUT2D eigenvalue weighted by molar-refractivity contribution is 5.94. The third-order valence-electron chi connectivity index (χ3n) is 2.18. The molecular formula is C11H16N2O2. The van der Waals surface area contributed by atoms with E-state index in [-0.39, 0.29) is 11.9 Å². The number of amides is 1. The molecule has 2 N–H and O–H groups in total. The number of methoxy groups -OCH3 is 1. The van der Waals surface area contributed by atoms with Gasteiger partial charge >= 0.3 is 0 Å². The number of anilines is 1. The summed E-state index contributed by atoms with van der Waals surface area (Å²) in [6.07, 6.45) is 0. The Kier molecular flexibility index (Phi) is 4.12. The van der Waals surface area contributed by atoms with Crippen molar-refractivity contribution in [3.8, 4) is 5.75 Å². The lowest BCUT2D eigenvalue weighted by atomic mass is 10.2. The summed E-state index contributed by atoms with van der Waals surface area (Å²) in [4.78, 5) is 11.5. The van der Waals surface area contributed by atoms with E-state index < -0.39 is 0 Å². The molecule has 1 unspecified atom stereocenters. The highest BCUT2D eigenvalue weighted by Crippen LogP contribution is 2.14. The van der Waals surface area contributed by atoms with Crippen molar-refractivity contribution in [3.05, 3.63) is 24.3 Å². The summed E-state index contributed by atoms with van der Waals surface area (Å²) in [6, 6.07) is 7.02. The fourth-order valence-corrected chi connectivity index (χ4v) is 1.06. The van der Waals surface area contributed by atoms with Gasteiger partial charge in [0.2, 0.25) is 5.91 Å². The molecule has 0 radical (unpaired) electrons. The van der Waals surface area contributed by atoms with E-state index in [0.717, 1.165) is 11.4 Å². The first-order valence-electron chi connectivity index (χ1n) is 4.79. The Morgan fingerprint density at radius 3 is 2.40 bits per heavy atom. The molecule has 1 amide bonds. The molecule has 0 aliphatic heterocycles. The second-order valence-corrected chi connectivity index (χ2v) is 3.23. The zero-order chi connectivity index (χ0) is 11.3. The summed E-state index contributed by atoms with van der Waals surface area (Å²) < 4.78 is 5.02. The number of likely N-dealkylation sites (N-methyl/N-ethyl adjacent to an activating group) is 1. The average molecular weight is 208 g/mol. The van der Waals surface area contributed by atoms with Gasteiger partial charge in [-0.15, -0.1) is 0 Å². The predicted molar refractivity (Wildman–Crippen MR) is 60.1 cm³/mol. The predicted octanol–water partition coefficient (Wildman–Crippen LogP) is 1.24. The van der Waals surface area contributed by atoms with Crippen molar-refractivity contribution in [2.45, 2.75) is 13.0 Å². The Morgan fingerprint density at radius 1 is 1.33 bits per heavy atom. The normalized spacial score (nSPS) is 11.9. The van der Waals surface area contributed by atoms with Crippen molar-refractivity contribution in [1.29, 1.82) is 0 Å². The first-order chi connectivity index (χ1) is 7.17. The Labute approximate surface area is 89.6 Å². The molecule has 1 aromatic carbocycles. The molecule has 1 atom stereocenters. The van der Waals surface area contributed by atoms with Crippen LogP contribution in [0.25, 0.3) is 0 Å². The number of carbonyl (C=O) groups is 1. The van der Waals surface area contributed by atoms with Crippen LogP contribution in [-0.4, -0.2) is 26.1 Å². The van der Waals surface area contributed by atoms with Crippen LogP contribution in [0.4, 0.5) is 5.69 Å². The maximum atomic E-state index is 11.5. The quantitative estimate of drug-likeness (QED) is 0.782. The smallest absolute Gasteiger partial charge is 0.241 e. The lowest BCUT2D eigenvalue weighted by Crippen LogP contribution is -2.35. The topological polar surface area (TPSA) is 50.4 Å². The monoisotopic (exact) mass is 208 g/mol. The lowest BCUT2D eigenvalue weighted by Gasteiger charge is -2.11. The van der Waals surface area contributed by atoms with Crippen LogP contribution in [0.5, 0.6) is 5.75 Å². The lowest BCUT2D eigenvalue weighted by molar-refractivity contribution is -0.117. The maximum Gasteiger partial charge on any atom is 0.241 e. The molecule has 0 saturated heterocycles. The average Bonchev–Trinajstić information content (AvgIpc) is 2.29. The van der Waals surface area contributed by atoms with Gasteiger partial charge in [0.15, 0.2) is 0 Å². The Morgan fingerprint density at radius 2 is 1.93 bits per heavy atom. The Bertz CT molecular complexity index is 322. The number of ether oxygens (including phenoxy) is 1. The second-order valence-electron chi connectivity index (χ2n) is 3.23. The van der Waals surface area contributed by atoms with Crippen molar-refractivity contribution in [3.63, 3.8) is 0 Å². The molecule has 0 heterocycles. The molecule has 0 spiro atoms. The van der Waals surface area contributed by atoms with Crippen molar-refractivity contribution >= 4 is 11.6 Å². The molecule has 0 saturated carbocycles. The molecule has 0 aliphatic rings. The van der Waals surface area contributed by atoms with Gasteiger partial charge in [0.25, 0.3) is 0 Å². The molecule has 1 rings (SSSR count). The van der Waals surface area contributed by atoms with E-state index in [0.29, 0.717) is 0 Å². The maximum absolute atomic E-state index is 11.5. The molecule has 0 aromatic heterocycles. The minimum atomic E-state index is -0.202. The Hall–Kier alpha value is -1.55. The van der Waals surface area contributed by atoms with Gasteiger partial charge < -0.3 is 15.4 Å². The van der Waals surface area contributed by atoms with Crippen LogP contribution >= 0.6 is 0 Å². The molecule has 0 fully saturated rings. The molecule has 82 valence electrons. The van der Waals surface area contributed by atoms with Crippen LogP contribution in [0.15, 0.2) is 24.3 Å². The van der Waals surface area contributed by atoms with Gasteiger partial charge in [0.05, 0.1) is 13.2 Å². The number of hydrogen-bond acceptors (Lipinski definition) is 3. The third kappa shape index (κ3) is 3.25. The first-order valence-corrected chi connectivity index (χ1v) is 4.79. The largest absolute Gasteiger partial charge is 0.497 e. The zero-order valence-electron chi connectivity index (χ0n) is 9.20. The Balaban J connectivity index is 2.61. The molecule has 15 heavy (non-hydrogen) atoms. The van der Waals surface area contributed by atoms with Gasteiger partial charge in [0, 0.05) is 5.69 Å². The van der Waals surface area contributed by atoms with Gasteiger partial charge in [-0.3, -0.25) is 4.79 Å². The van der Waals surface area contributed by atoms with Crippen LogP contribution in [0.1, 0.15) is 6.92 Å². The minimum absolute atomic E-state index is 0.0531. The highest BCUT2D eigenvalue weighted by atomic mass is 16.5. The van der Waals surface area contributed by atoms with E-state index in [1.807, 2.05) is 0 Å². The number of rotatable bonds is 4. The minimum Gasteiger partial charge on any atom is -0.497 e. The second kappa shape index (κ2) is 5.36. The standard InChI is InChI=1S/C11H16N2O2/c1-8(12-2)11(14)13-9-4-6-10(15-3)7-5-9/h4-8,12H,1-3H3,(H,13,14). The van der Waals surface area contributed by atoms with E-state index in [1.165, 1.54) is 0 Å². The summed E-state index contributed by atoms with van der Waals surface area (Å²) in [5, 5.41) is 5.66. The van der Waals surface area contributed by atoms with Crippen molar-refractivity contribution in [2.75, 3.05) is 19.5 Å². The highest BCUT2D eigenvalue weighted by Gasteiger charge is 2.09. The number of carbonyl (C=O) groups excluding carboxylic acids is 1. The SMILES string of the molecule is CNC(C)C(=O)Nc1ccc(OC)cc1. The van der Waals surface area contributed by atoms with Gasteiger partial charge in [-0.1, -0.05) is 0 Å². The summed E-state index contributed by atoms with van der Waals surface area (Å²) in [7, 11) is 3.36. The van der Waals surface area contributed by atoms with Gasteiger partial charge in [-0.05, 0) is 38.2 Å². The van der Waals surface area contributed by atoms with Crippen molar-refractivity contribution in [1.82, 2.24) is 5.32 Å². The number of benzene rings is 1. The van der Waals surface area contributed by atoms with Gasteiger partial charge in [-0.25, -0.2) is 0 Å². The van der Waals surface area contributed by atoms with Gasteiger partial charge in [-0.2, -0.15) is 0 Å². The van der Waals surface area contributed by atoms with E-state index in [9.17, 15) is 4.79 Å². The first kappa shape index (κ1) is 11.5. The van der Waals surface area contributed by atoms with Crippen LogP contribution in [0.3, 0.4) is 0 Å². The summed E-state index contributed by atoms with van der Waals surface area (Å²) in [5.41, 5.74) is 0.767. The van der Waals surface area contributed by atoms with Crippen LogP contribution in [0, 0.1) is 0 Å². The fraction of sp³-hybridized carbons (Fsp3) is 0.364. The summed E-state index contributed by atoms with van der Waals surface area (Å²) >= 11 is 0. The molecule has 1 aromatic rings. The van der Waals surface area contributed by atoms with E-state index in [4.69, 9.17) is 4.74 Å². The van der Waals surface area contributed by atoms with E-state index >= 15 is 0 Å². The number of hydrogen-bond donors (Lipinski definition) is 2. The number of nitrogens with one attached hydrogen (secondary N) is 2. The van der Waals surface area contributed by atoms with Crippen LogP contribution < -0.4 is 15.4 Å². The van der Waals surface area contributed by atoms with Crippen LogP contribution in [-0.2, 0) is 4.79 Å². The fourth-order valence-electron chi connectivity index (χ4n) is 1.06. The summed E-state index contributed by atoms with van der Waals surface area (Å²) in [5.74, 6) is 0.720. The van der Waals surface area contributed by atoms with Crippen molar-refractivity contribution in [2.24, 2.45) is 0 Å². The molecule has 0 bridgehead atoms. The molecule has 4 nitrogen and oxygen atoms in total. The molecule has 0 aliphatic carbocycles. The third-order valence-corrected chi connectivity index (χ3v) is 2.18. The molecular weight excluding hydrogens is 192 g/mol. The van der Waals surface area contributed by atoms with Crippen molar-refractivity contribution < 1.29 is 9.53 Å². The van der Waals surface area contributed by atoms with E-state index in [1.54, 1.807) is 45.3 Å². The zero-order valence-corrected chi connectivity index (χ0v) is 9.20. The van der Waals surface area contributed by atoms with Gasteiger partial charge in [0.1, 0.15) is 5.75 Å². The summed E-state index contributed by atoms with van der Waals surface area (Å²) in [6.45, 7) is 1.80.